The maximum absolute atomic E-state index is 5.04. The Hall–Kier alpha value is -2.33. The molecular formula is C21H26N4. The van der Waals surface area contributed by atoms with Crippen molar-refractivity contribution in [3.63, 3.8) is 0 Å². The highest BCUT2D eigenvalue weighted by Crippen LogP contribution is 2.34. The molecule has 0 amide bonds. The van der Waals surface area contributed by atoms with Crippen LogP contribution in [-0.4, -0.2) is 48.9 Å². The topological polar surface area (TPSA) is 30.9 Å². The second-order valence-electron chi connectivity index (χ2n) is 7.15. The van der Waals surface area contributed by atoms with Crippen LogP contribution in [0.3, 0.4) is 0 Å². The largest absolute Gasteiger partial charge is 0.376 e. The van der Waals surface area contributed by atoms with E-state index in [0.717, 1.165) is 44.0 Å². The highest BCUT2D eigenvalue weighted by Gasteiger charge is 2.25. The van der Waals surface area contributed by atoms with Gasteiger partial charge in [-0.2, -0.15) is 0 Å². The van der Waals surface area contributed by atoms with Crippen LogP contribution in [0.25, 0.3) is 0 Å². The third-order valence-corrected chi connectivity index (χ3v) is 5.22. The van der Waals surface area contributed by atoms with Crippen LogP contribution in [0.5, 0.6) is 0 Å². The summed E-state index contributed by atoms with van der Waals surface area (Å²) in [6, 6.07) is 17.5. The Kier molecular flexibility index (Phi) is 4.45. The second kappa shape index (κ2) is 6.89. The number of hydrogen-bond acceptors (Lipinski definition) is 4. The van der Waals surface area contributed by atoms with E-state index < -0.39 is 0 Å². The number of aryl methyl sites for hydroxylation is 1. The van der Waals surface area contributed by atoms with Gasteiger partial charge in [0.1, 0.15) is 5.84 Å². The summed E-state index contributed by atoms with van der Waals surface area (Å²) in [6.45, 7) is 6.44. The number of rotatable bonds is 1. The number of likely N-dealkylation sites (N-methyl/N-ethyl adjacent to an activating group) is 1. The monoisotopic (exact) mass is 334 g/mol. The molecule has 1 atom stereocenters. The number of amidine groups is 1. The van der Waals surface area contributed by atoms with Crippen molar-refractivity contribution in [2.24, 2.45) is 4.99 Å². The predicted octanol–water partition coefficient (Wildman–Crippen LogP) is 3.83. The molecule has 0 spiro atoms. The number of nitrogens with zero attached hydrogens (tertiary/aromatic N) is 3. The van der Waals surface area contributed by atoms with E-state index in [1.165, 1.54) is 17.0 Å². The number of nitrogens with one attached hydrogen (secondary N) is 1. The van der Waals surface area contributed by atoms with Gasteiger partial charge in [0.15, 0.2) is 0 Å². The summed E-state index contributed by atoms with van der Waals surface area (Å²) in [5.41, 5.74) is 4.79. The molecule has 0 aromatic heterocycles. The first-order valence-electron chi connectivity index (χ1n) is 9.12. The van der Waals surface area contributed by atoms with Gasteiger partial charge in [0, 0.05) is 32.6 Å². The maximum atomic E-state index is 5.04. The van der Waals surface area contributed by atoms with Crippen LogP contribution in [0, 0.1) is 6.92 Å². The molecule has 4 nitrogen and oxygen atoms in total. The predicted molar refractivity (Wildman–Crippen MR) is 105 cm³/mol. The van der Waals surface area contributed by atoms with Crippen molar-refractivity contribution >= 4 is 17.2 Å². The fourth-order valence-corrected chi connectivity index (χ4v) is 3.56. The van der Waals surface area contributed by atoms with E-state index >= 15 is 0 Å². The van der Waals surface area contributed by atoms with Crippen molar-refractivity contribution < 1.29 is 0 Å². The van der Waals surface area contributed by atoms with Gasteiger partial charge in [-0.25, -0.2) is 4.99 Å². The van der Waals surface area contributed by atoms with Crippen LogP contribution >= 0.6 is 0 Å². The molecule has 2 aromatic carbocycles. The Bertz CT molecular complexity index is 758. The highest BCUT2D eigenvalue weighted by atomic mass is 15.3. The van der Waals surface area contributed by atoms with E-state index in [0.29, 0.717) is 0 Å². The summed E-state index contributed by atoms with van der Waals surface area (Å²) in [5.74, 6) is 1.20. The molecule has 2 aromatic rings. The molecule has 2 heterocycles. The summed E-state index contributed by atoms with van der Waals surface area (Å²) in [4.78, 5) is 9.89. The van der Waals surface area contributed by atoms with Gasteiger partial charge in [-0.05, 0) is 31.7 Å². The average molecular weight is 334 g/mol. The first kappa shape index (κ1) is 16.2. The van der Waals surface area contributed by atoms with Gasteiger partial charge in [-0.15, -0.1) is 0 Å². The molecule has 1 unspecified atom stereocenters. The Labute approximate surface area is 150 Å². The van der Waals surface area contributed by atoms with Gasteiger partial charge in [0.05, 0.1) is 17.4 Å². The summed E-state index contributed by atoms with van der Waals surface area (Å²) in [6.07, 6.45) is 0.918. The lowest BCUT2D eigenvalue weighted by molar-refractivity contribution is 0.213. The number of fused-ring (bicyclic) bond motifs is 1. The second-order valence-corrected chi connectivity index (χ2v) is 7.15. The van der Waals surface area contributed by atoms with Crippen molar-refractivity contribution in [1.29, 1.82) is 0 Å². The van der Waals surface area contributed by atoms with Crippen molar-refractivity contribution in [1.82, 2.24) is 9.80 Å². The lowest BCUT2D eigenvalue weighted by Gasteiger charge is -2.35. The number of aliphatic imine (C=N–C) groups is 1. The minimum atomic E-state index is 0.252. The zero-order chi connectivity index (χ0) is 17.2. The molecule has 0 saturated carbocycles. The summed E-state index contributed by atoms with van der Waals surface area (Å²) < 4.78 is 0. The van der Waals surface area contributed by atoms with E-state index in [1.54, 1.807) is 0 Å². The van der Waals surface area contributed by atoms with E-state index in [-0.39, 0.29) is 6.04 Å². The SMILES string of the molecule is Cc1ccc(C2CC(N3CCN(C)CC3)=Nc3ccccc3N2)cc1. The van der Waals surface area contributed by atoms with Gasteiger partial charge in [0.25, 0.3) is 0 Å². The Balaban J connectivity index is 1.67. The molecule has 4 heteroatoms. The Morgan fingerprint density at radius 1 is 0.960 bits per heavy atom. The van der Waals surface area contributed by atoms with Crippen LogP contribution in [0.4, 0.5) is 11.4 Å². The van der Waals surface area contributed by atoms with Crippen LogP contribution in [-0.2, 0) is 0 Å². The molecule has 4 rings (SSSR count). The Morgan fingerprint density at radius 3 is 2.44 bits per heavy atom. The quantitative estimate of drug-likeness (QED) is 0.860. The van der Waals surface area contributed by atoms with E-state index in [4.69, 9.17) is 4.99 Å². The zero-order valence-electron chi connectivity index (χ0n) is 15.1. The third kappa shape index (κ3) is 3.54. The van der Waals surface area contributed by atoms with E-state index in [9.17, 15) is 0 Å². The molecule has 2 aliphatic rings. The standard InChI is InChI=1S/C21H26N4/c1-16-7-9-17(10-8-16)20-15-21(25-13-11-24(2)12-14-25)23-19-6-4-3-5-18(19)22-20/h3-10,20,22H,11-15H2,1-2H3. The maximum Gasteiger partial charge on any atom is 0.107 e. The number of para-hydroxylation sites is 2. The summed E-state index contributed by atoms with van der Waals surface area (Å²) in [7, 11) is 2.19. The molecule has 1 saturated heterocycles. The van der Waals surface area contributed by atoms with Crippen LogP contribution in [0.2, 0.25) is 0 Å². The molecule has 1 N–H and O–H groups in total. The number of hydrogen-bond donors (Lipinski definition) is 1. The van der Waals surface area contributed by atoms with Gasteiger partial charge in [-0.1, -0.05) is 42.0 Å². The smallest absolute Gasteiger partial charge is 0.107 e. The van der Waals surface area contributed by atoms with Gasteiger partial charge in [-0.3, -0.25) is 0 Å². The van der Waals surface area contributed by atoms with Crippen molar-refractivity contribution in [2.75, 3.05) is 38.5 Å². The highest BCUT2D eigenvalue weighted by molar-refractivity contribution is 5.89. The number of anilines is 1. The van der Waals surface area contributed by atoms with Crippen LogP contribution in [0.1, 0.15) is 23.6 Å². The Morgan fingerprint density at radius 2 is 1.68 bits per heavy atom. The molecule has 0 bridgehead atoms. The zero-order valence-corrected chi connectivity index (χ0v) is 15.1. The molecule has 0 aliphatic carbocycles. The number of benzene rings is 2. The van der Waals surface area contributed by atoms with Crippen LogP contribution < -0.4 is 5.32 Å². The fourth-order valence-electron chi connectivity index (χ4n) is 3.56. The molecule has 2 aliphatic heterocycles. The van der Waals surface area contributed by atoms with Gasteiger partial charge < -0.3 is 15.1 Å². The lowest BCUT2D eigenvalue weighted by Crippen LogP contribution is -2.47. The fraction of sp³-hybridized carbons (Fsp3) is 0.381. The molecular weight excluding hydrogens is 308 g/mol. The van der Waals surface area contributed by atoms with Gasteiger partial charge in [0.2, 0.25) is 0 Å². The third-order valence-electron chi connectivity index (χ3n) is 5.22. The summed E-state index contributed by atoms with van der Waals surface area (Å²) >= 11 is 0. The molecule has 0 radical (unpaired) electrons. The van der Waals surface area contributed by atoms with Crippen LogP contribution in [0.15, 0.2) is 53.5 Å². The van der Waals surface area contributed by atoms with Gasteiger partial charge >= 0.3 is 0 Å². The minimum Gasteiger partial charge on any atom is -0.376 e. The van der Waals surface area contributed by atoms with Crippen molar-refractivity contribution in [3.8, 4) is 0 Å². The van der Waals surface area contributed by atoms with E-state index in [2.05, 4.69) is 77.6 Å². The first-order chi connectivity index (χ1) is 12.2. The lowest BCUT2D eigenvalue weighted by atomic mass is 10.0. The molecule has 130 valence electrons. The normalized spacial score (nSPS) is 21.1. The first-order valence-corrected chi connectivity index (χ1v) is 9.12. The van der Waals surface area contributed by atoms with Crippen molar-refractivity contribution in [2.45, 2.75) is 19.4 Å². The van der Waals surface area contributed by atoms with E-state index in [1.807, 2.05) is 0 Å². The molecule has 25 heavy (non-hydrogen) atoms. The minimum absolute atomic E-state index is 0.252. The summed E-state index contributed by atoms with van der Waals surface area (Å²) in [5, 5.41) is 3.72. The molecule has 1 fully saturated rings. The average Bonchev–Trinajstić information content (AvgIpc) is 2.82. The number of piperazine rings is 1. The van der Waals surface area contributed by atoms with Crippen molar-refractivity contribution in [3.05, 3.63) is 59.7 Å².